The zero-order valence-electron chi connectivity index (χ0n) is 11.0. The molecule has 5 heteroatoms. The molecule has 0 aromatic heterocycles. The molecule has 2 rings (SSSR count). The lowest BCUT2D eigenvalue weighted by Crippen LogP contribution is -2.30. The minimum absolute atomic E-state index is 0.192. The second-order valence-corrected chi connectivity index (χ2v) is 5.76. The zero-order valence-corrected chi connectivity index (χ0v) is 13.1. The van der Waals surface area contributed by atoms with E-state index in [4.69, 9.17) is 5.84 Å². The standard InChI is InChI=1S/C15H15F2IN2/c1-9-3-2-4-13(15(9)18)14(20-19)7-10-5-11(16)8-12(17)6-10/h2-6,8,14,20H,7,19H2,1H3. The number of nitrogens with one attached hydrogen (secondary N) is 1. The van der Waals surface area contributed by atoms with Gasteiger partial charge in [-0.25, -0.2) is 8.78 Å². The normalized spacial score (nSPS) is 12.4. The molecule has 3 N–H and O–H groups in total. The fourth-order valence-electron chi connectivity index (χ4n) is 2.16. The molecule has 0 radical (unpaired) electrons. The van der Waals surface area contributed by atoms with E-state index in [1.54, 1.807) is 0 Å². The van der Waals surface area contributed by atoms with Crippen molar-refractivity contribution in [1.82, 2.24) is 5.43 Å². The number of nitrogens with two attached hydrogens (primary N) is 1. The van der Waals surface area contributed by atoms with Gasteiger partial charge in [-0.15, -0.1) is 0 Å². The Labute approximate surface area is 130 Å². The van der Waals surface area contributed by atoms with E-state index in [0.29, 0.717) is 12.0 Å². The smallest absolute Gasteiger partial charge is 0.126 e. The maximum atomic E-state index is 13.2. The van der Waals surface area contributed by atoms with Crippen molar-refractivity contribution in [3.05, 3.63) is 68.3 Å². The van der Waals surface area contributed by atoms with E-state index in [1.807, 2.05) is 25.1 Å². The van der Waals surface area contributed by atoms with Crippen LogP contribution in [0.25, 0.3) is 0 Å². The van der Waals surface area contributed by atoms with Crippen LogP contribution in [0.2, 0.25) is 0 Å². The van der Waals surface area contributed by atoms with Crippen LogP contribution in [0.1, 0.15) is 22.7 Å². The predicted molar refractivity (Wildman–Crippen MR) is 84.0 cm³/mol. The SMILES string of the molecule is Cc1cccc(C(Cc2cc(F)cc(F)c2)NN)c1I. The van der Waals surface area contributed by atoms with E-state index in [9.17, 15) is 8.78 Å². The van der Waals surface area contributed by atoms with Gasteiger partial charge in [0.05, 0.1) is 6.04 Å². The molecule has 2 nitrogen and oxygen atoms in total. The van der Waals surface area contributed by atoms with Crippen molar-refractivity contribution >= 4 is 22.6 Å². The van der Waals surface area contributed by atoms with Crippen LogP contribution in [0.15, 0.2) is 36.4 Å². The van der Waals surface area contributed by atoms with Gasteiger partial charge < -0.3 is 0 Å². The minimum atomic E-state index is -0.574. The predicted octanol–water partition coefficient (Wildman–Crippen LogP) is 3.62. The van der Waals surface area contributed by atoms with Gasteiger partial charge in [0.1, 0.15) is 11.6 Å². The Balaban J connectivity index is 2.31. The number of hydrogen-bond donors (Lipinski definition) is 2. The summed E-state index contributed by atoms with van der Waals surface area (Å²) in [6.07, 6.45) is 0.421. The molecule has 0 aliphatic rings. The fraction of sp³-hybridized carbons (Fsp3) is 0.200. The molecule has 0 saturated heterocycles. The third kappa shape index (κ3) is 3.53. The lowest BCUT2D eigenvalue weighted by Gasteiger charge is -2.19. The van der Waals surface area contributed by atoms with Crippen molar-refractivity contribution in [2.75, 3.05) is 0 Å². The molecule has 1 atom stereocenters. The Morgan fingerprint density at radius 1 is 1.20 bits per heavy atom. The highest BCUT2D eigenvalue weighted by Gasteiger charge is 2.15. The number of aryl methyl sites for hydroxylation is 1. The molecule has 0 heterocycles. The summed E-state index contributed by atoms with van der Waals surface area (Å²) in [5.41, 5.74) is 5.47. The maximum absolute atomic E-state index is 13.2. The van der Waals surface area contributed by atoms with E-state index in [1.165, 1.54) is 12.1 Å². The molecule has 106 valence electrons. The van der Waals surface area contributed by atoms with Gasteiger partial charge in [0.25, 0.3) is 0 Å². The van der Waals surface area contributed by atoms with Gasteiger partial charge in [0, 0.05) is 9.64 Å². The number of rotatable bonds is 4. The second-order valence-electron chi connectivity index (χ2n) is 4.68. The Hall–Kier alpha value is -1.05. The van der Waals surface area contributed by atoms with Gasteiger partial charge in [-0.1, -0.05) is 18.2 Å². The van der Waals surface area contributed by atoms with Crippen LogP contribution in [0.4, 0.5) is 8.78 Å². The van der Waals surface area contributed by atoms with Crippen molar-refractivity contribution in [3.63, 3.8) is 0 Å². The van der Waals surface area contributed by atoms with E-state index in [2.05, 4.69) is 28.0 Å². The summed E-state index contributed by atoms with van der Waals surface area (Å²) < 4.78 is 27.6. The molecular weight excluding hydrogens is 373 g/mol. The largest absolute Gasteiger partial charge is 0.271 e. The van der Waals surface area contributed by atoms with Crippen LogP contribution in [-0.4, -0.2) is 0 Å². The highest BCUT2D eigenvalue weighted by atomic mass is 127. The summed E-state index contributed by atoms with van der Waals surface area (Å²) in [6, 6.07) is 9.26. The average Bonchev–Trinajstić information content (AvgIpc) is 2.38. The van der Waals surface area contributed by atoms with Gasteiger partial charge >= 0.3 is 0 Å². The third-order valence-corrected chi connectivity index (χ3v) is 4.63. The minimum Gasteiger partial charge on any atom is -0.271 e. The number of halogens is 3. The molecule has 0 amide bonds. The number of hydrogen-bond acceptors (Lipinski definition) is 2. The van der Waals surface area contributed by atoms with Crippen LogP contribution in [0.3, 0.4) is 0 Å². The molecule has 0 bridgehead atoms. The van der Waals surface area contributed by atoms with Crippen molar-refractivity contribution in [2.45, 2.75) is 19.4 Å². The first-order valence-electron chi connectivity index (χ1n) is 6.17. The van der Waals surface area contributed by atoms with E-state index in [0.717, 1.165) is 20.8 Å². The molecule has 2 aromatic rings. The van der Waals surface area contributed by atoms with Crippen LogP contribution in [0.5, 0.6) is 0 Å². The molecule has 1 unspecified atom stereocenters. The molecule has 20 heavy (non-hydrogen) atoms. The molecule has 0 spiro atoms. The quantitative estimate of drug-likeness (QED) is 0.477. The first kappa shape index (κ1) is 15.3. The van der Waals surface area contributed by atoms with E-state index >= 15 is 0 Å². The Bertz CT molecular complexity index is 597. The van der Waals surface area contributed by atoms with Crippen LogP contribution in [-0.2, 0) is 6.42 Å². The third-order valence-electron chi connectivity index (χ3n) is 3.16. The van der Waals surface area contributed by atoms with Gasteiger partial charge in [-0.05, 0) is 64.8 Å². The molecule has 2 aromatic carbocycles. The zero-order chi connectivity index (χ0) is 14.7. The lowest BCUT2D eigenvalue weighted by molar-refractivity contribution is 0.538. The monoisotopic (exact) mass is 388 g/mol. The van der Waals surface area contributed by atoms with Crippen LogP contribution < -0.4 is 11.3 Å². The molecule has 0 aliphatic carbocycles. The molecular formula is C15H15F2IN2. The van der Waals surface area contributed by atoms with Crippen LogP contribution >= 0.6 is 22.6 Å². The summed E-state index contributed by atoms with van der Waals surface area (Å²) in [4.78, 5) is 0. The maximum Gasteiger partial charge on any atom is 0.126 e. The Morgan fingerprint density at radius 3 is 2.45 bits per heavy atom. The van der Waals surface area contributed by atoms with E-state index < -0.39 is 11.6 Å². The fourth-order valence-corrected chi connectivity index (χ4v) is 2.90. The first-order chi connectivity index (χ1) is 9.51. The molecule has 0 aliphatic heterocycles. The first-order valence-corrected chi connectivity index (χ1v) is 7.25. The molecule has 0 saturated carbocycles. The lowest BCUT2D eigenvalue weighted by atomic mass is 9.98. The van der Waals surface area contributed by atoms with Gasteiger partial charge in [-0.2, -0.15) is 0 Å². The number of benzene rings is 2. The average molecular weight is 388 g/mol. The van der Waals surface area contributed by atoms with Crippen molar-refractivity contribution in [2.24, 2.45) is 5.84 Å². The van der Waals surface area contributed by atoms with Crippen molar-refractivity contribution < 1.29 is 8.78 Å². The van der Waals surface area contributed by atoms with Gasteiger partial charge in [-0.3, -0.25) is 11.3 Å². The van der Waals surface area contributed by atoms with Gasteiger partial charge in [0.15, 0.2) is 0 Å². The van der Waals surface area contributed by atoms with Crippen molar-refractivity contribution in [3.8, 4) is 0 Å². The summed E-state index contributed by atoms with van der Waals surface area (Å²) in [6.45, 7) is 2.01. The highest BCUT2D eigenvalue weighted by Crippen LogP contribution is 2.25. The highest BCUT2D eigenvalue weighted by molar-refractivity contribution is 14.1. The number of hydrazine groups is 1. The Morgan fingerprint density at radius 2 is 1.85 bits per heavy atom. The van der Waals surface area contributed by atoms with Crippen molar-refractivity contribution in [1.29, 1.82) is 0 Å². The van der Waals surface area contributed by atoms with Crippen LogP contribution in [0, 0.1) is 22.1 Å². The Kier molecular flexibility index (Phi) is 5.06. The molecule has 0 fully saturated rings. The summed E-state index contributed by atoms with van der Waals surface area (Å²) in [7, 11) is 0. The summed E-state index contributed by atoms with van der Waals surface area (Å²) >= 11 is 2.26. The second kappa shape index (κ2) is 6.60. The summed E-state index contributed by atoms with van der Waals surface area (Å²) in [5, 5.41) is 0. The van der Waals surface area contributed by atoms with E-state index in [-0.39, 0.29) is 6.04 Å². The summed E-state index contributed by atoms with van der Waals surface area (Å²) in [5.74, 6) is 4.46. The topological polar surface area (TPSA) is 38.0 Å². The van der Waals surface area contributed by atoms with Gasteiger partial charge in [0.2, 0.25) is 0 Å².